The van der Waals surface area contributed by atoms with Crippen LogP contribution in [0, 0.1) is 0 Å². The van der Waals surface area contributed by atoms with Crippen molar-refractivity contribution in [3.05, 3.63) is 48.4 Å². The maximum Gasteiger partial charge on any atom is 0.236 e. The molecule has 5 nitrogen and oxygen atoms in total. The first-order valence-corrected chi connectivity index (χ1v) is 6.47. The van der Waals surface area contributed by atoms with E-state index in [4.69, 9.17) is 4.74 Å². The van der Waals surface area contributed by atoms with Gasteiger partial charge in [0.2, 0.25) is 5.91 Å². The Morgan fingerprint density at radius 2 is 2.00 bits per heavy atom. The second kappa shape index (κ2) is 4.92. The van der Waals surface area contributed by atoms with Gasteiger partial charge in [-0.3, -0.25) is 4.79 Å². The number of rotatable bonds is 4. The van der Waals surface area contributed by atoms with E-state index in [0.717, 1.165) is 24.2 Å². The number of benzene rings is 1. The number of nitrogens with one attached hydrogen (secondary N) is 1. The minimum atomic E-state index is -0.419. The van der Waals surface area contributed by atoms with Gasteiger partial charge in [0.25, 0.3) is 0 Å². The van der Waals surface area contributed by atoms with Gasteiger partial charge in [0.05, 0.1) is 12.5 Å². The van der Waals surface area contributed by atoms with Crippen LogP contribution in [-0.4, -0.2) is 23.0 Å². The third kappa shape index (κ3) is 2.22. The van der Waals surface area contributed by atoms with E-state index in [1.807, 2.05) is 24.3 Å². The van der Waals surface area contributed by atoms with Crippen molar-refractivity contribution in [2.45, 2.75) is 18.3 Å². The molecule has 1 fully saturated rings. The molecule has 1 heterocycles. The number of hydrogen-bond acceptors (Lipinski definition) is 4. The highest BCUT2D eigenvalue weighted by Crippen LogP contribution is 2.49. The average Bonchev–Trinajstić information content (AvgIpc) is 3.30. The molecule has 0 aliphatic heterocycles. The van der Waals surface area contributed by atoms with Crippen molar-refractivity contribution in [1.29, 1.82) is 0 Å². The van der Waals surface area contributed by atoms with E-state index < -0.39 is 5.41 Å². The number of anilines is 1. The van der Waals surface area contributed by atoms with Gasteiger partial charge in [-0.2, -0.15) is 0 Å². The number of amides is 1. The summed E-state index contributed by atoms with van der Waals surface area (Å²) in [6.45, 7) is 0. The fraction of sp³-hybridized carbons (Fsp3) is 0.267. The van der Waals surface area contributed by atoms with Crippen LogP contribution in [0.3, 0.4) is 0 Å². The summed E-state index contributed by atoms with van der Waals surface area (Å²) < 4.78 is 5.14. The van der Waals surface area contributed by atoms with Crippen LogP contribution in [0.2, 0.25) is 0 Å². The van der Waals surface area contributed by atoms with E-state index in [2.05, 4.69) is 15.3 Å². The minimum absolute atomic E-state index is 0.0126. The molecule has 0 atom stereocenters. The van der Waals surface area contributed by atoms with Crippen molar-refractivity contribution < 1.29 is 9.53 Å². The lowest BCUT2D eigenvalue weighted by molar-refractivity contribution is -0.118. The minimum Gasteiger partial charge on any atom is -0.497 e. The number of carbonyl (C=O) groups excluding carboxylic acids is 1. The van der Waals surface area contributed by atoms with E-state index in [-0.39, 0.29) is 5.91 Å². The lowest BCUT2D eigenvalue weighted by Crippen LogP contribution is -2.28. The summed E-state index contributed by atoms with van der Waals surface area (Å²) in [4.78, 5) is 20.3. The number of ether oxygens (including phenoxy) is 1. The first-order valence-electron chi connectivity index (χ1n) is 6.47. The summed E-state index contributed by atoms with van der Waals surface area (Å²) in [7, 11) is 1.63. The highest BCUT2D eigenvalue weighted by molar-refractivity contribution is 6.00. The van der Waals surface area contributed by atoms with Crippen LogP contribution in [0.5, 0.6) is 5.75 Å². The third-order valence-electron chi connectivity index (χ3n) is 3.65. The van der Waals surface area contributed by atoms with Gasteiger partial charge in [0.15, 0.2) is 0 Å². The highest BCUT2D eigenvalue weighted by Gasteiger charge is 2.51. The maximum atomic E-state index is 12.4. The number of carbonyl (C=O) groups is 1. The van der Waals surface area contributed by atoms with Crippen LogP contribution in [0.1, 0.15) is 18.4 Å². The largest absolute Gasteiger partial charge is 0.497 e. The van der Waals surface area contributed by atoms with Gasteiger partial charge >= 0.3 is 0 Å². The predicted molar refractivity (Wildman–Crippen MR) is 74.6 cm³/mol. The Bertz CT molecular complexity index is 607. The molecule has 2 aromatic rings. The second-order valence-electron chi connectivity index (χ2n) is 4.86. The van der Waals surface area contributed by atoms with Crippen molar-refractivity contribution in [2.75, 3.05) is 12.4 Å². The van der Waals surface area contributed by atoms with Crippen LogP contribution in [0.25, 0.3) is 0 Å². The number of nitrogens with zero attached hydrogens (tertiary/aromatic N) is 2. The Morgan fingerprint density at radius 3 is 2.55 bits per heavy atom. The molecule has 0 spiro atoms. The molecule has 0 bridgehead atoms. The molecule has 0 saturated heterocycles. The first-order chi connectivity index (χ1) is 9.74. The van der Waals surface area contributed by atoms with Crippen molar-refractivity contribution in [3.63, 3.8) is 0 Å². The predicted octanol–water partition coefficient (Wildman–Crippen LogP) is 2.16. The fourth-order valence-electron chi connectivity index (χ4n) is 2.28. The molecule has 0 radical (unpaired) electrons. The van der Waals surface area contributed by atoms with E-state index in [1.54, 1.807) is 19.4 Å². The van der Waals surface area contributed by atoms with E-state index in [1.165, 1.54) is 6.33 Å². The smallest absolute Gasteiger partial charge is 0.236 e. The second-order valence-corrected chi connectivity index (χ2v) is 4.86. The Hall–Kier alpha value is -2.43. The average molecular weight is 269 g/mol. The summed E-state index contributed by atoms with van der Waals surface area (Å²) in [5.41, 5.74) is 0.599. The monoisotopic (exact) mass is 269 g/mol. The lowest BCUT2D eigenvalue weighted by atomic mass is 9.95. The molecule has 102 valence electrons. The highest BCUT2D eigenvalue weighted by atomic mass is 16.5. The van der Waals surface area contributed by atoms with Gasteiger partial charge < -0.3 is 10.1 Å². The molecule has 1 aliphatic rings. The molecule has 1 aromatic heterocycles. The molecular weight excluding hydrogens is 254 g/mol. The maximum absolute atomic E-state index is 12.4. The molecule has 3 rings (SSSR count). The summed E-state index contributed by atoms with van der Waals surface area (Å²) in [6, 6.07) is 9.35. The first kappa shape index (κ1) is 12.6. The van der Waals surface area contributed by atoms with Gasteiger partial charge in [-0.1, -0.05) is 12.1 Å². The summed E-state index contributed by atoms with van der Waals surface area (Å²) in [5, 5.41) is 2.85. The third-order valence-corrected chi connectivity index (χ3v) is 3.65. The number of aromatic nitrogens is 2. The van der Waals surface area contributed by atoms with E-state index >= 15 is 0 Å². The zero-order chi connectivity index (χ0) is 14.0. The standard InChI is InChI=1S/C15H15N3O2/c1-20-12-4-2-11(3-5-12)15(7-8-15)14(19)18-13-6-9-16-10-17-13/h2-6,9-10H,7-8H2,1H3,(H,16,17,18,19). The van der Waals surface area contributed by atoms with Crippen LogP contribution in [-0.2, 0) is 10.2 Å². The van der Waals surface area contributed by atoms with Gasteiger partial charge in [0.1, 0.15) is 17.9 Å². The fourth-order valence-corrected chi connectivity index (χ4v) is 2.28. The van der Waals surface area contributed by atoms with Gasteiger partial charge in [-0.05, 0) is 36.6 Å². The molecule has 5 heteroatoms. The van der Waals surface area contributed by atoms with E-state index in [9.17, 15) is 4.79 Å². The van der Waals surface area contributed by atoms with Crippen molar-refractivity contribution in [2.24, 2.45) is 0 Å². The zero-order valence-electron chi connectivity index (χ0n) is 11.2. The van der Waals surface area contributed by atoms with Gasteiger partial charge in [0, 0.05) is 6.20 Å². The number of hydrogen-bond donors (Lipinski definition) is 1. The van der Waals surface area contributed by atoms with Gasteiger partial charge in [-0.25, -0.2) is 9.97 Å². The SMILES string of the molecule is COc1ccc(C2(C(=O)Nc3ccncn3)CC2)cc1. The van der Waals surface area contributed by atoms with Crippen molar-refractivity contribution >= 4 is 11.7 Å². The number of methoxy groups -OCH3 is 1. The van der Waals surface area contributed by atoms with Gasteiger partial charge in [-0.15, -0.1) is 0 Å². The van der Waals surface area contributed by atoms with Crippen molar-refractivity contribution in [1.82, 2.24) is 9.97 Å². The zero-order valence-corrected chi connectivity index (χ0v) is 11.2. The van der Waals surface area contributed by atoms with Crippen LogP contribution in [0.15, 0.2) is 42.9 Å². The molecule has 1 aromatic carbocycles. The molecule has 1 saturated carbocycles. The Kier molecular flexibility index (Phi) is 3.10. The van der Waals surface area contributed by atoms with E-state index in [0.29, 0.717) is 5.82 Å². The van der Waals surface area contributed by atoms with Crippen LogP contribution in [0.4, 0.5) is 5.82 Å². The molecule has 0 unspecified atom stereocenters. The molecule has 20 heavy (non-hydrogen) atoms. The summed E-state index contributed by atoms with van der Waals surface area (Å²) in [6.07, 6.45) is 4.74. The van der Waals surface area contributed by atoms with Crippen LogP contribution >= 0.6 is 0 Å². The summed E-state index contributed by atoms with van der Waals surface area (Å²) in [5.74, 6) is 1.31. The Labute approximate surface area is 117 Å². The molecule has 1 N–H and O–H groups in total. The lowest BCUT2D eigenvalue weighted by Gasteiger charge is -2.15. The topological polar surface area (TPSA) is 64.1 Å². The Morgan fingerprint density at radius 1 is 1.25 bits per heavy atom. The van der Waals surface area contributed by atoms with Crippen molar-refractivity contribution in [3.8, 4) is 5.75 Å². The summed E-state index contributed by atoms with van der Waals surface area (Å²) >= 11 is 0. The quantitative estimate of drug-likeness (QED) is 0.923. The molecular formula is C15H15N3O2. The molecule has 1 amide bonds. The molecule has 1 aliphatic carbocycles. The normalized spacial score (nSPS) is 15.4. The van der Waals surface area contributed by atoms with Crippen LogP contribution < -0.4 is 10.1 Å². The Balaban J connectivity index is 1.79.